The molecule has 1 aromatic carbocycles. The summed E-state index contributed by atoms with van der Waals surface area (Å²) in [4.78, 5) is 3.05. The number of alkyl halides is 1. The number of aromatic amines is 1. The van der Waals surface area contributed by atoms with E-state index in [2.05, 4.69) is 4.98 Å². The number of hydrogen-bond donors (Lipinski definition) is 2. The summed E-state index contributed by atoms with van der Waals surface area (Å²) in [5.74, 6) is 0. The number of hydrogen-bond acceptors (Lipinski definition) is 1. The van der Waals surface area contributed by atoms with Crippen LogP contribution in [-0.2, 0) is 0 Å². The van der Waals surface area contributed by atoms with Gasteiger partial charge in [0, 0.05) is 18.3 Å². The molecule has 1 aromatic heterocycles. The second-order valence-electron chi connectivity index (χ2n) is 3.03. The minimum absolute atomic E-state index is 0.0376. The van der Waals surface area contributed by atoms with Gasteiger partial charge in [-0.2, -0.15) is 0 Å². The van der Waals surface area contributed by atoms with Crippen LogP contribution in [0, 0.1) is 0 Å². The number of benzene rings is 1. The van der Waals surface area contributed by atoms with Gasteiger partial charge in [0.2, 0.25) is 0 Å². The molecule has 1 atom stereocenters. The second kappa shape index (κ2) is 3.18. The molecule has 3 N–H and O–H groups in total. The van der Waals surface area contributed by atoms with Crippen LogP contribution in [0.3, 0.4) is 0 Å². The molecule has 0 bridgehead atoms. The Morgan fingerprint density at radius 2 is 2.23 bits per heavy atom. The molecule has 13 heavy (non-hydrogen) atoms. The van der Waals surface area contributed by atoms with Crippen LogP contribution in [0.25, 0.3) is 10.9 Å². The van der Waals surface area contributed by atoms with Crippen molar-refractivity contribution in [2.45, 2.75) is 6.17 Å². The second-order valence-corrected chi connectivity index (χ2v) is 3.03. The quantitative estimate of drug-likeness (QED) is 0.726. The monoisotopic (exact) mass is 178 g/mol. The lowest BCUT2D eigenvalue weighted by atomic mass is 10.1. The highest BCUT2D eigenvalue weighted by Gasteiger charge is 2.07. The molecule has 68 valence electrons. The zero-order valence-electron chi connectivity index (χ0n) is 7.13. The Morgan fingerprint density at radius 1 is 1.38 bits per heavy atom. The Labute approximate surface area is 75.6 Å². The van der Waals surface area contributed by atoms with E-state index in [0.29, 0.717) is 5.56 Å². The third-order valence-electron chi connectivity index (χ3n) is 2.15. The van der Waals surface area contributed by atoms with Gasteiger partial charge in [0.25, 0.3) is 0 Å². The van der Waals surface area contributed by atoms with Gasteiger partial charge in [-0.15, -0.1) is 0 Å². The standard InChI is InChI=1S/C10H11FN2/c11-9(6-12)7-1-2-10-8(5-7)3-4-13-10/h1-5,9,13H,6,12H2. The van der Waals surface area contributed by atoms with E-state index >= 15 is 0 Å². The molecular weight excluding hydrogens is 167 g/mol. The van der Waals surface area contributed by atoms with Gasteiger partial charge < -0.3 is 10.7 Å². The zero-order valence-corrected chi connectivity index (χ0v) is 7.13. The summed E-state index contributed by atoms with van der Waals surface area (Å²) in [7, 11) is 0. The summed E-state index contributed by atoms with van der Waals surface area (Å²) in [6, 6.07) is 7.37. The van der Waals surface area contributed by atoms with E-state index in [-0.39, 0.29) is 6.54 Å². The fourth-order valence-electron chi connectivity index (χ4n) is 1.40. The predicted octanol–water partition coefficient (Wildman–Crippen LogP) is 2.14. The molecule has 0 aliphatic carbocycles. The summed E-state index contributed by atoms with van der Waals surface area (Å²) >= 11 is 0. The van der Waals surface area contributed by atoms with E-state index in [0.717, 1.165) is 10.9 Å². The highest BCUT2D eigenvalue weighted by molar-refractivity contribution is 5.79. The van der Waals surface area contributed by atoms with Crippen molar-refractivity contribution < 1.29 is 4.39 Å². The lowest BCUT2D eigenvalue weighted by Gasteiger charge is -2.04. The van der Waals surface area contributed by atoms with Crippen molar-refractivity contribution in [3.63, 3.8) is 0 Å². The Morgan fingerprint density at radius 3 is 3.00 bits per heavy atom. The van der Waals surface area contributed by atoms with Crippen LogP contribution in [0.5, 0.6) is 0 Å². The van der Waals surface area contributed by atoms with Crippen LogP contribution in [0.15, 0.2) is 30.5 Å². The first-order valence-corrected chi connectivity index (χ1v) is 4.22. The molecule has 2 rings (SSSR count). The minimum Gasteiger partial charge on any atom is -0.361 e. The Balaban J connectivity index is 2.48. The molecule has 0 saturated heterocycles. The maximum Gasteiger partial charge on any atom is 0.137 e. The lowest BCUT2D eigenvalue weighted by molar-refractivity contribution is 0.353. The van der Waals surface area contributed by atoms with Crippen LogP contribution in [0.2, 0.25) is 0 Å². The molecule has 0 aliphatic rings. The van der Waals surface area contributed by atoms with Crippen molar-refractivity contribution in [3.05, 3.63) is 36.0 Å². The molecule has 2 nitrogen and oxygen atoms in total. The average molecular weight is 178 g/mol. The summed E-state index contributed by atoms with van der Waals surface area (Å²) in [6.45, 7) is 0.0376. The normalized spacial score (nSPS) is 13.4. The Kier molecular flexibility index (Phi) is 2.02. The zero-order chi connectivity index (χ0) is 9.26. The molecular formula is C10H11FN2. The van der Waals surface area contributed by atoms with E-state index in [9.17, 15) is 4.39 Å². The fourth-order valence-corrected chi connectivity index (χ4v) is 1.40. The minimum atomic E-state index is -1.06. The molecule has 3 heteroatoms. The van der Waals surface area contributed by atoms with Crippen molar-refractivity contribution >= 4 is 10.9 Å². The summed E-state index contributed by atoms with van der Waals surface area (Å²) in [5, 5.41) is 1.02. The van der Waals surface area contributed by atoms with Gasteiger partial charge in [-0.1, -0.05) is 6.07 Å². The molecule has 0 fully saturated rings. The smallest absolute Gasteiger partial charge is 0.137 e. The van der Waals surface area contributed by atoms with Crippen molar-refractivity contribution in [2.75, 3.05) is 6.54 Å². The third-order valence-corrected chi connectivity index (χ3v) is 2.15. The van der Waals surface area contributed by atoms with Gasteiger partial charge in [-0.05, 0) is 29.1 Å². The predicted molar refractivity (Wildman–Crippen MR) is 51.2 cm³/mol. The van der Waals surface area contributed by atoms with Gasteiger partial charge in [0.05, 0.1) is 0 Å². The van der Waals surface area contributed by atoms with Crippen LogP contribution in [0.1, 0.15) is 11.7 Å². The number of nitrogens with two attached hydrogens (primary N) is 1. The molecule has 0 radical (unpaired) electrons. The maximum absolute atomic E-state index is 13.2. The summed E-state index contributed by atoms with van der Waals surface area (Å²) in [6.07, 6.45) is 0.781. The first-order chi connectivity index (χ1) is 6.31. The highest BCUT2D eigenvalue weighted by atomic mass is 19.1. The number of fused-ring (bicyclic) bond motifs is 1. The number of rotatable bonds is 2. The van der Waals surface area contributed by atoms with Gasteiger partial charge in [0.1, 0.15) is 6.17 Å². The molecule has 0 saturated carbocycles. The van der Waals surface area contributed by atoms with Crippen LogP contribution >= 0.6 is 0 Å². The molecule has 1 heterocycles. The van der Waals surface area contributed by atoms with E-state index in [4.69, 9.17) is 5.73 Å². The van der Waals surface area contributed by atoms with Gasteiger partial charge in [-0.25, -0.2) is 4.39 Å². The van der Waals surface area contributed by atoms with E-state index < -0.39 is 6.17 Å². The van der Waals surface area contributed by atoms with Crippen molar-refractivity contribution in [1.82, 2.24) is 4.98 Å². The molecule has 0 amide bonds. The molecule has 1 unspecified atom stereocenters. The number of nitrogens with one attached hydrogen (secondary N) is 1. The Hall–Kier alpha value is -1.35. The van der Waals surface area contributed by atoms with Crippen LogP contribution in [0.4, 0.5) is 4.39 Å². The molecule has 0 aliphatic heterocycles. The Bertz CT molecular complexity index is 408. The topological polar surface area (TPSA) is 41.8 Å². The molecule has 2 aromatic rings. The van der Waals surface area contributed by atoms with Gasteiger partial charge >= 0.3 is 0 Å². The maximum atomic E-state index is 13.2. The van der Waals surface area contributed by atoms with E-state index in [1.54, 1.807) is 6.07 Å². The lowest BCUT2D eigenvalue weighted by Crippen LogP contribution is -2.07. The van der Waals surface area contributed by atoms with Crippen LogP contribution in [-0.4, -0.2) is 11.5 Å². The highest BCUT2D eigenvalue weighted by Crippen LogP contribution is 2.21. The van der Waals surface area contributed by atoms with E-state index in [1.165, 1.54) is 0 Å². The summed E-state index contributed by atoms with van der Waals surface area (Å²) < 4.78 is 13.2. The fraction of sp³-hybridized carbons (Fsp3) is 0.200. The van der Waals surface area contributed by atoms with Crippen LogP contribution < -0.4 is 5.73 Å². The van der Waals surface area contributed by atoms with Crippen molar-refractivity contribution in [1.29, 1.82) is 0 Å². The summed E-state index contributed by atoms with van der Waals surface area (Å²) in [5.41, 5.74) is 6.91. The first-order valence-electron chi connectivity index (χ1n) is 4.22. The SMILES string of the molecule is NCC(F)c1ccc2[nH]ccc2c1. The van der Waals surface area contributed by atoms with E-state index in [1.807, 2.05) is 24.4 Å². The largest absolute Gasteiger partial charge is 0.361 e. The number of H-pyrrole nitrogens is 1. The van der Waals surface area contributed by atoms with Crippen molar-refractivity contribution in [2.24, 2.45) is 5.73 Å². The number of halogens is 1. The number of aromatic nitrogens is 1. The first kappa shape index (κ1) is 8.26. The average Bonchev–Trinajstić information content (AvgIpc) is 2.63. The van der Waals surface area contributed by atoms with Gasteiger partial charge in [0.15, 0.2) is 0 Å². The van der Waals surface area contributed by atoms with Crippen molar-refractivity contribution in [3.8, 4) is 0 Å². The molecule has 0 spiro atoms. The van der Waals surface area contributed by atoms with Gasteiger partial charge in [-0.3, -0.25) is 0 Å². The third kappa shape index (κ3) is 1.42.